The van der Waals surface area contributed by atoms with Gasteiger partial charge in [0.25, 0.3) is 5.91 Å². The minimum atomic E-state index is -0.356. The Morgan fingerprint density at radius 2 is 1.93 bits per heavy atom. The molecule has 0 aliphatic carbocycles. The molecule has 0 radical (unpaired) electrons. The first-order valence-electron chi connectivity index (χ1n) is 10.6. The predicted molar refractivity (Wildman–Crippen MR) is 110 cm³/mol. The second-order valence-corrected chi connectivity index (χ2v) is 8.03. The van der Waals surface area contributed by atoms with Crippen molar-refractivity contribution >= 4 is 11.8 Å². The van der Waals surface area contributed by atoms with Gasteiger partial charge in [-0.1, -0.05) is 43.7 Å². The second kappa shape index (κ2) is 8.41. The number of piperidine rings is 1. The fourth-order valence-electron chi connectivity index (χ4n) is 4.54. The Kier molecular flexibility index (Phi) is 5.72. The molecule has 0 bridgehead atoms. The van der Waals surface area contributed by atoms with Crippen LogP contribution in [0.1, 0.15) is 48.7 Å². The molecule has 2 aliphatic rings. The zero-order valence-corrected chi connectivity index (χ0v) is 17.0. The number of furan rings is 1. The molecule has 2 aromatic rings. The van der Waals surface area contributed by atoms with Gasteiger partial charge < -0.3 is 14.2 Å². The van der Waals surface area contributed by atoms with Crippen LogP contribution in [0.25, 0.3) is 0 Å². The summed E-state index contributed by atoms with van der Waals surface area (Å²) >= 11 is 0. The highest BCUT2D eigenvalue weighted by Crippen LogP contribution is 2.34. The van der Waals surface area contributed by atoms with Gasteiger partial charge in [0.15, 0.2) is 5.76 Å². The summed E-state index contributed by atoms with van der Waals surface area (Å²) in [5, 5.41) is 3.67. The van der Waals surface area contributed by atoms with Gasteiger partial charge >= 0.3 is 0 Å². The molecule has 1 aromatic heterocycles. The van der Waals surface area contributed by atoms with Crippen molar-refractivity contribution in [3.8, 4) is 0 Å². The highest BCUT2D eigenvalue weighted by atomic mass is 16.3. The first kappa shape index (κ1) is 19.7. The first-order chi connectivity index (χ1) is 14.1. The van der Waals surface area contributed by atoms with Crippen molar-refractivity contribution in [2.24, 2.45) is 0 Å². The smallest absolute Gasteiger partial charge is 0.289 e. The zero-order chi connectivity index (χ0) is 20.3. The van der Waals surface area contributed by atoms with E-state index in [-0.39, 0.29) is 23.5 Å². The van der Waals surface area contributed by atoms with E-state index in [4.69, 9.17) is 4.42 Å². The average Bonchev–Trinajstić information content (AvgIpc) is 3.36. The van der Waals surface area contributed by atoms with Gasteiger partial charge in [-0.05, 0) is 30.5 Å². The van der Waals surface area contributed by atoms with E-state index in [1.165, 1.54) is 6.26 Å². The molecule has 2 amide bonds. The summed E-state index contributed by atoms with van der Waals surface area (Å²) in [5.41, 5.74) is 0.808. The summed E-state index contributed by atoms with van der Waals surface area (Å²) in [7, 11) is 0. The van der Waals surface area contributed by atoms with Gasteiger partial charge in [0.2, 0.25) is 5.91 Å². The van der Waals surface area contributed by atoms with Crippen LogP contribution in [-0.2, 0) is 11.2 Å². The molecule has 6 nitrogen and oxygen atoms in total. The molecular weight excluding hydrogens is 366 g/mol. The van der Waals surface area contributed by atoms with Crippen molar-refractivity contribution in [3.05, 3.63) is 60.1 Å². The van der Waals surface area contributed by atoms with Crippen LogP contribution in [0.2, 0.25) is 0 Å². The van der Waals surface area contributed by atoms with Crippen LogP contribution in [-0.4, -0.2) is 53.0 Å². The minimum absolute atomic E-state index is 0.0740. The van der Waals surface area contributed by atoms with E-state index in [1.54, 1.807) is 12.1 Å². The summed E-state index contributed by atoms with van der Waals surface area (Å²) in [5.74, 6) is 0.490. The van der Waals surface area contributed by atoms with E-state index in [0.29, 0.717) is 25.3 Å². The third-order valence-corrected chi connectivity index (χ3v) is 6.15. The Labute approximate surface area is 171 Å². The minimum Gasteiger partial charge on any atom is -0.459 e. The van der Waals surface area contributed by atoms with Crippen molar-refractivity contribution in [2.75, 3.05) is 19.6 Å². The van der Waals surface area contributed by atoms with Crippen LogP contribution < -0.4 is 5.32 Å². The Morgan fingerprint density at radius 3 is 2.59 bits per heavy atom. The van der Waals surface area contributed by atoms with Gasteiger partial charge in [0.05, 0.1) is 18.0 Å². The summed E-state index contributed by atoms with van der Waals surface area (Å²) < 4.78 is 5.27. The summed E-state index contributed by atoms with van der Waals surface area (Å²) in [6, 6.07) is 13.4. The number of amides is 2. The molecule has 1 unspecified atom stereocenters. The van der Waals surface area contributed by atoms with E-state index < -0.39 is 0 Å². The second-order valence-electron chi connectivity index (χ2n) is 8.03. The molecule has 2 aliphatic heterocycles. The number of benzene rings is 1. The van der Waals surface area contributed by atoms with Gasteiger partial charge in [-0.15, -0.1) is 0 Å². The number of carbonyl (C=O) groups is 2. The lowest BCUT2D eigenvalue weighted by Gasteiger charge is -2.44. The van der Waals surface area contributed by atoms with Crippen molar-refractivity contribution in [1.29, 1.82) is 0 Å². The summed E-state index contributed by atoms with van der Waals surface area (Å²) in [6.07, 6.45) is 5.73. The van der Waals surface area contributed by atoms with Gasteiger partial charge in [-0.25, -0.2) is 0 Å². The van der Waals surface area contributed by atoms with Gasteiger partial charge in [0, 0.05) is 32.5 Å². The maximum atomic E-state index is 13.3. The van der Waals surface area contributed by atoms with Gasteiger partial charge in [0.1, 0.15) is 0 Å². The van der Waals surface area contributed by atoms with Crippen molar-refractivity contribution in [1.82, 2.24) is 15.1 Å². The van der Waals surface area contributed by atoms with Crippen LogP contribution in [0.5, 0.6) is 0 Å². The quantitative estimate of drug-likeness (QED) is 0.816. The lowest BCUT2D eigenvalue weighted by molar-refractivity contribution is -0.133. The third-order valence-electron chi connectivity index (χ3n) is 6.15. The Bertz CT molecular complexity index is 826. The standard InChI is InChI=1S/C23H29N3O3/c1-2-3-13-26-21(27)19(17-18-8-5-4-6-9-18)24-23(26)11-14-25(15-12-23)22(28)20-10-7-16-29-20/h4-10,16,19,24H,2-3,11-15,17H2,1H3. The molecule has 2 fully saturated rings. The average molecular weight is 396 g/mol. The first-order valence-corrected chi connectivity index (χ1v) is 10.6. The highest BCUT2D eigenvalue weighted by molar-refractivity contribution is 5.91. The Balaban J connectivity index is 1.48. The molecule has 6 heteroatoms. The molecule has 3 heterocycles. The van der Waals surface area contributed by atoms with Crippen molar-refractivity contribution in [2.45, 2.75) is 50.7 Å². The van der Waals surface area contributed by atoms with E-state index >= 15 is 0 Å². The Hall–Kier alpha value is -2.60. The molecule has 1 spiro atoms. The highest BCUT2D eigenvalue weighted by Gasteiger charge is 2.51. The lowest BCUT2D eigenvalue weighted by atomic mass is 9.95. The monoisotopic (exact) mass is 395 g/mol. The Morgan fingerprint density at radius 1 is 1.17 bits per heavy atom. The van der Waals surface area contributed by atoms with E-state index in [0.717, 1.165) is 37.8 Å². The topological polar surface area (TPSA) is 65.8 Å². The number of hydrogen-bond acceptors (Lipinski definition) is 4. The lowest BCUT2D eigenvalue weighted by Crippen LogP contribution is -2.59. The molecule has 1 aromatic carbocycles. The van der Waals surface area contributed by atoms with Crippen LogP contribution in [0.4, 0.5) is 0 Å². The maximum absolute atomic E-state index is 13.3. The van der Waals surface area contributed by atoms with E-state index in [2.05, 4.69) is 29.3 Å². The fourth-order valence-corrected chi connectivity index (χ4v) is 4.54. The molecule has 4 rings (SSSR count). The number of hydrogen-bond donors (Lipinski definition) is 1. The van der Waals surface area contributed by atoms with Crippen LogP contribution in [0.15, 0.2) is 53.1 Å². The SMILES string of the molecule is CCCCN1C(=O)C(Cc2ccccc2)NC12CCN(C(=O)c1ccco1)CC2. The molecular formula is C23H29N3O3. The molecule has 1 N–H and O–H groups in total. The summed E-state index contributed by atoms with van der Waals surface area (Å²) in [6.45, 7) is 4.13. The number of carbonyl (C=O) groups excluding carboxylic acids is 2. The normalized spacial score (nSPS) is 21.1. The number of nitrogens with zero attached hydrogens (tertiary/aromatic N) is 2. The number of rotatable bonds is 6. The van der Waals surface area contributed by atoms with Crippen molar-refractivity contribution < 1.29 is 14.0 Å². The van der Waals surface area contributed by atoms with Crippen LogP contribution >= 0.6 is 0 Å². The largest absolute Gasteiger partial charge is 0.459 e. The predicted octanol–water partition coefficient (Wildman–Crippen LogP) is 3.06. The summed E-state index contributed by atoms with van der Waals surface area (Å²) in [4.78, 5) is 29.8. The zero-order valence-electron chi connectivity index (χ0n) is 17.0. The fraction of sp³-hybridized carbons (Fsp3) is 0.478. The van der Waals surface area contributed by atoms with E-state index in [9.17, 15) is 9.59 Å². The molecule has 1 atom stereocenters. The maximum Gasteiger partial charge on any atom is 0.289 e. The van der Waals surface area contributed by atoms with Gasteiger partial charge in [-0.3, -0.25) is 14.9 Å². The number of unbranched alkanes of at least 4 members (excludes halogenated alkanes) is 1. The molecule has 0 saturated carbocycles. The number of nitrogens with one attached hydrogen (secondary N) is 1. The van der Waals surface area contributed by atoms with Crippen LogP contribution in [0, 0.1) is 0 Å². The molecule has 29 heavy (non-hydrogen) atoms. The third kappa shape index (κ3) is 3.94. The van der Waals surface area contributed by atoms with Crippen LogP contribution in [0.3, 0.4) is 0 Å². The molecule has 154 valence electrons. The van der Waals surface area contributed by atoms with E-state index in [1.807, 2.05) is 23.1 Å². The van der Waals surface area contributed by atoms with Crippen molar-refractivity contribution in [3.63, 3.8) is 0 Å². The number of likely N-dealkylation sites (tertiary alicyclic amines) is 1. The van der Waals surface area contributed by atoms with Gasteiger partial charge in [-0.2, -0.15) is 0 Å². The molecule has 2 saturated heterocycles.